The molecule has 0 radical (unpaired) electrons. The van der Waals surface area contributed by atoms with Crippen molar-refractivity contribution in [2.75, 3.05) is 25.4 Å². The first-order chi connectivity index (χ1) is 9.63. The lowest BCUT2D eigenvalue weighted by atomic mass is 10.1. The maximum Gasteiger partial charge on any atom is 0.337 e. The number of carboxylic acids is 1. The van der Waals surface area contributed by atoms with Gasteiger partial charge in [-0.1, -0.05) is 0 Å². The van der Waals surface area contributed by atoms with Crippen LogP contribution in [0.5, 0.6) is 0 Å². The molecule has 0 aliphatic carbocycles. The number of aromatic carboxylic acids is 1. The molecule has 0 saturated carbocycles. The van der Waals surface area contributed by atoms with Crippen molar-refractivity contribution in [3.8, 4) is 0 Å². The Kier molecular flexibility index (Phi) is 3.96. The number of ether oxygens (including phenoxy) is 1. The highest BCUT2D eigenvalue weighted by atomic mass is 32.2. The molecule has 7 nitrogen and oxygen atoms in total. The van der Waals surface area contributed by atoms with Crippen molar-refractivity contribution in [2.24, 2.45) is 0 Å². The molecule has 1 saturated heterocycles. The predicted molar refractivity (Wildman–Crippen MR) is 76.6 cm³/mol. The average molecular weight is 314 g/mol. The summed E-state index contributed by atoms with van der Waals surface area (Å²) in [4.78, 5) is 11.0. The highest BCUT2D eigenvalue weighted by Crippen LogP contribution is 2.27. The van der Waals surface area contributed by atoms with Crippen LogP contribution in [-0.2, 0) is 14.8 Å². The first-order valence-electron chi connectivity index (χ1n) is 6.40. The van der Waals surface area contributed by atoms with Crippen molar-refractivity contribution in [3.05, 3.63) is 23.8 Å². The second-order valence-electron chi connectivity index (χ2n) is 5.51. The van der Waals surface area contributed by atoms with Gasteiger partial charge in [-0.2, -0.15) is 4.31 Å². The van der Waals surface area contributed by atoms with Gasteiger partial charge in [0.25, 0.3) is 0 Å². The van der Waals surface area contributed by atoms with Gasteiger partial charge in [-0.25, -0.2) is 13.2 Å². The second kappa shape index (κ2) is 5.28. The van der Waals surface area contributed by atoms with E-state index in [4.69, 9.17) is 10.5 Å². The number of carbonyl (C=O) groups is 1. The van der Waals surface area contributed by atoms with Gasteiger partial charge >= 0.3 is 5.97 Å². The van der Waals surface area contributed by atoms with Crippen molar-refractivity contribution < 1.29 is 23.1 Å². The molecule has 0 atom stereocenters. The highest BCUT2D eigenvalue weighted by Gasteiger charge is 2.36. The second-order valence-corrected chi connectivity index (χ2v) is 7.41. The minimum atomic E-state index is -3.94. The summed E-state index contributed by atoms with van der Waals surface area (Å²) in [7, 11) is -3.94. The molecule has 2 rings (SSSR count). The number of sulfonamides is 1. The zero-order chi connectivity index (χ0) is 15.8. The standard InChI is InChI=1S/C13H18N2O5S/c1-13(2)8-15(5-6-20-13)21(18,19)11-7-9(14)3-4-10(11)12(16)17/h3-4,7H,5-6,8,14H2,1-2H3,(H,16,17). The van der Waals surface area contributed by atoms with Gasteiger partial charge in [0.05, 0.1) is 22.7 Å². The summed E-state index contributed by atoms with van der Waals surface area (Å²) >= 11 is 0. The number of hydrogen-bond acceptors (Lipinski definition) is 5. The lowest BCUT2D eigenvalue weighted by Crippen LogP contribution is -2.50. The topological polar surface area (TPSA) is 110 Å². The summed E-state index contributed by atoms with van der Waals surface area (Å²) in [5.41, 5.74) is 4.91. The number of benzene rings is 1. The van der Waals surface area contributed by atoms with Crippen LogP contribution in [-0.4, -0.2) is 49.1 Å². The van der Waals surface area contributed by atoms with Gasteiger partial charge in [-0.15, -0.1) is 0 Å². The molecule has 0 amide bonds. The number of morpholine rings is 1. The number of carboxylic acid groups (broad SMARTS) is 1. The van der Waals surface area contributed by atoms with Crippen molar-refractivity contribution in [3.63, 3.8) is 0 Å². The van der Waals surface area contributed by atoms with Crippen LogP contribution in [0.2, 0.25) is 0 Å². The fraction of sp³-hybridized carbons (Fsp3) is 0.462. The Labute approximate surface area is 123 Å². The zero-order valence-electron chi connectivity index (χ0n) is 11.9. The fourth-order valence-electron chi connectivity index (χ4n) is 2.25. The predicted octanol–water partition coefficient (Wildman–Crippen LogP) is 0.766. The Balaban J connectivity index is 2.49. The molecule has 0 unspecified atom stereocenters. The quantitative estimate of drug-likeness (QED) is 0.797. The van der Waals surface area contributed by atoms with Gasteiger partial charge < -0.3 is 15.6 Å². The van der Waals surface area contributed by atoms with Gasteiger partial charge in [0.15, 0.2) is 0 Å². The number of nitrogens with zero attached hydrogens (tertiary/aromatic N) is 1. The molecule has 0 bridgehead atoms. The van der Waals surface area contributed by atoms with Crippen LogP contribution >= 0.6 is 0 Å². The molecule has 1 aromatic carbocycles. The third-order valence-corrected chi connectivity index (χ3v) is 5.13. The van der Waals surface area contributed by atoms with Gasteiger partial charge in [0.1, 0.15) is 0 Å². The van der Waals surface area contributed by atoms with Gasteiger partial charge in [-0.05, 0) is 32.0 Å². The summed E-state index contributed by atoms with van der Waals surface area (Å²) in [6.45, 7) is 4.16. The van der Waals surface area contributed by atoms with E-state index in [-0.39, 0.29) is 35.8 Å². The zero-order valence-corrected chi connectivity index (χ0v) is 12.7. The van der Waals surface area contributed by atoms with E-state index in [1.54, 1.807) is 13.8 Å². The normalized spacial score (nSPS) is 19.3. The van der Waals surface area contributed by atoms with Gasteiger partial charge in [0, 0.05) is 18.8 Å². The van der Waals surface area contributed by atoms with Crippen LogP contribution < -0.4 is 5.73 Å². The van der Waals surface area contributed by atoms with Crippen LogP contribution in [0.4, 0.5) is 5.69 Å². The average Bonchev–Trinajstić information content (AvgIpc) is 2.37. The van der Waals surface area contributed by atoms with Crippen molar-refractivity contribution in [1.29, 1.82) is 0 Å². The number of rotatable bonds is 3. The minimum Gasteiger partial charge on any atom is -0.478 e. The number of nitrogens with two attached hydrogens (primary N) is 1. The van der Waals surface area contributed by atoms with E-state index in [0.717, 1.165) is 0 Å². The van der Waals surface area contributed by atoms with Crippen LogP contribution in [0.25, 0.3) is 0 Å². The van der Waals surface area contributed by atoms with E-state index in [1.807, 2.05) is 0 Å². The molecule has 1 heterocycles. The molecule has 1 fully saturated rings. The maximum atomic E-state index is 12.7. The van der Waals surface area contributed by atoms with Crippen molar-refractivity contribution >= 4 is 21.7 Å². The fourth-order valence-corrected chi connectivity index (χ4v) is 4.04. The smallest absolute Gasteiger partial charge is 0.337 e. The first kappa shape index (κ1) is 15.7. The molecule has 0 spiro atoms. The molecule has 1 aromatic rings. The number of anilines is 1. The summed E-state index contributed by atoms with van der Waals surface area (Å²) in [5.74, 6) is -1.30. The maximum absolute atomic E-state index is 12.7. The molecule has 8 heteroatoms. The summed E-state index contributed by atoms with van der Waals surface area (Å²) < 4.78 is 32.1. The van der Waals surface area contributed by atoms with E-state index >= 15 is 0 Å². The Morgan fingerprint density at radius 2 is 2.10 bits per heavy atom. The van der Waals surface area contributed by atoms with Crippen molar-refractivity contribution in [2.45, 2.75) is 24.3 Å². The first-order valence-corrected chi connectivity index (χ1v) is 7.84. The third-order valence-electron chi connectivity index (χ3n) is 3.24. The van der Waals surface area contributed by atoms with Gasteiger partial charge in [-0.3, -0.25) is 0 Å². The monoisotopic (exact) mass is 314 g/mol. The molecule has 21 heavy (non-hydrogen) atoms. The molecule has 3 N–H and O–H groups in total. The van der Waals surface area contributed by atoms with E-state index in [2.05, 4.69) is 0 Å². The van der Waals surface area contributed by atoms with Crippen LogP contribution in [0.1, 0.15) is 24.2 Å². The van der Waals surface area contributed by atoms with E-state index in [0.29, 0.717) is 0 Å². The Morgan fingerprint density at radius 1 is 1.43 bits per heavy atom. The molecule has 116 valence electrons. The van der Waals surface area contributed by atoms with Crippen LogP contribution in [0.3, 0.4) is 0 Å². The summed E-state index contributed by atoms with van der Waals surface area (Å²) in [5, 5.41) is 9.17. The Hall–Kier alpha value is -1.64. The molecule has 1 aliphatic rings. The van der Waals surface area contributed by atoms with E-state index in [1.165, 1.54) is 22.5 Å². The Bertz CT molecular complexity index is 669. The molecular weight excluding hydrogens is 296 g/mol. The largest absolute Gasteiger partial charge is 0.478 e. The van der Waals surface area contributed by atoms with Crippen molar-refractivity contribution in [1.82, 2.24) is 4.31 Å². The van der Waals surface area contributed by atoms with E-state index < -0.39 is 21.6 Å². The number of nitrogen functional groups attached to an aromatic ring is 1. The Morgan fingerprint density at radius 3 is 2.67 bits per heavy atom. The summed E-state index contributed by atoms with van der Waals surface area (Å²) in [6, 6.07) is 3.75. The number of hydrogen-bond donors (Lipinski definition) is 2. The molecular formula is C13H18N2O5S. The lowest BCUT2D eigenvalue weighted by molar-refractivity contribution is -0.0640. The van der Waals surface area contributed by atoms with Gasteiger partial charge in [0.2, 0.25) is 10.0 Å². The highest BCUT2D eigenvalue weighted by molar-refractivity contribution is 7.89. The third kappa shape index (κ3) is 3.17. The summed E-state index contributed by atoms with van der Waals surface area (Å²) in [6.07, 6.45) is 0. The SMILES string of the molecule is CC1(C)CN(S(=O)(=O)c2cc(N)ccc2C(=O)O)CCO1. The minimum absolute atomic E-state index is 0.156. The molecule has 0 aromatic heterocycles. The van der Waals surface area contributed by atoms with Crippen LogP contribution in [0, 0.1) is 0 Å². The van der Waals surface area contributed by atoms with Crippen LogP contribution in [0.15, 0.2) is 23.1 Å². The van der Waals surface area contributed by atoms with E-state index in [9.17, 15) is 18.3 Å². The lowest BCUT2D eigenvalue weighted by Gasteiger charge is -2.37. The molecule has 1 aliphatic heterocycles.